The monoisotopic (exact) mass is 398 g/mol. The molecule has 2 heterocycles. The molecule has 0 spiro atoms. The summed E-state index contributed by atoms with van der Waals surface area (Å²) in [5, 5.41) is 8.70. The van der Waals surface area contributed by atoms with Gasteiger partial charge in [0.2, 0.25) is 10.0 Å². The number of pyridine rings is 2. The predicted octanol–water partition coefficient (Wildman–Crippen LogP) is 1.99. The van der Waals surface area contributed by atoms with Crippen molar-refractivity contribution in [3.05, 3.63) is 90.0 Å². The van der Waals surface area contributed by atoms with Crippen molar-refractivity contribution in [3.63, 3.8) is 0 Å². The molecule has 144 valence electrons. The quantitative estimate of drug-likeness (QED) is 0.465. The molecule has 0 bridgehead atoms. The van der Waals surface area contributed by atoms with Crippen LogP contribution in [-0.2, 0) is 23.1 Å². The smallest absolute Gasteiger partial charge is 0.274 e. The zero-order valence-electron chi connectivity index (χ0n) is 14.8. The van der Waals surface area contributed by atoms with Gasteiger partial charge in [0.1, 0.15) is 4.90 Å². The molecule has 1 aromatic carbocycles. The van der Waals surface area contributed by atoms with E-state index in [0.29, 0.717) is 5.56 Å². The standard InChI is InChI=1S/C19H18N4O4S/c24-19(22-25)17-7-5-15(6-8-17)13-23(14-16-3-1-9-20-11-16)28(26,27)18-4-2-10-21-12-18/h1-12,25H,13-14H2,(H,22,24). The lowest BCUT2D eigenvalue weighted by atomic mass is 10.1. The lowest BCUT2D eigenvalue weighted by Crippen LogP contribution is -2.30. The van der Waals surface area contributed by atoms with Crippen molar-refractivity contribution in [1.29, 1.82) is 0 Å². The SMILES string of the molecule is O=C(NO)c1ccc(CN(Cc2cccnc2)S(=O)(=O)c2cccnc2)cc1. The van der Waals surface area contributed by atoms with E-state index in [9.17, 15) is 13.2 Å². The van der Waals surface area contributed by atoms with E-state index in [2.05, 4.69) is 9.97 Å². The second kappa shape index (κ2) is 8.70. The Bertz CT molecular complexity index is 1030. The van der Waals surface area contributed by atoms with Crippen molar-refractivity contribution in [3.8, 4) is 0 Å². The normalized spacial score (nSPS) is 11.4. The molecule has 28 heavy (non-hydrogen) atoms. The van der Waals surface area contributed by atoms with E-state index in [1.165, 1.54) is 34.9 Å². The van der Waals surface area contributed by atoms with Crippen LogP contribution in [0.2, 0.25) is 0 Å². The van der Waals surface area contributed by atoms with Gasteiger partial charge < -0.3 is 0 Å². The summed E-state index contributed by atoms with van der Waals surface area (Å²) >= 11 is 0. The number of sulfonamides is 1. The Labute approximate surface area is 162 Å². The molecule has 8 nitrogen and oxygen atoms in total. The van der Waals surface area contributed by atoms with Gasteiger partial charge in [0.05, 0.1) is 0 Å². The van der Waals surface area contributed by atoms with Crippen LogP contribution in [0.25, 0.3) is 0 Å². The van der Waals surface area contributed by atoms with Crippen molar-refractivity contribution in [1.82, 2.24) is 19.8 Å². The van der Waals surface area contributed by atoms with Gasteiger partial charge in [0.15, 0.2) is 0 Å². The van der Waals surface area contributed by atoms with Crippen LogP contribution in [0.1, 0.15) is 21.5 Å². The van der Waals surface area contributed by atoms with Crippen molar-refractivity contribution in [2.75, 3.05) is 0 Å². The highest BCUT2D eigenvalue weighted by Crippen LogP contribution is 2.20. The highest BCUT2D eigenvalue weighted by Gasteiger charge is 2.25. The number of nitrogens with one attached hydrogen (secondary N) is 1. The molecule has 0 fully saturated rings. The van der Waals surface area contributed by atoms with Gasteiger partial charge in [0.25, 0.3) is 5.91 Å². The average Bonchev–Trinajstić information content (AvgIpc) is 2.74. The predicted molar refractivity (Wildman–Crippen MR) is 101 cm³/mol. The molecule has 0 saturated carbocycles. The number of hydrogen-bond donors (Lipinski definition) is 2. The lowest BCUT2D eigenvalue weighted by molar-refractivity contribution is 0.0706. The number of hydroxylamine groups is 1. The molecule has 0 unspecified atom stereocenters. The van der Waals surface area contributed by atoms with E-state index in [1.807, 2.05) is 0 Å². The van der Waals surface area contributed by atoms with Crippen LogP contribution in [0, 0.1) is 0 Å². The van der Waals surface area contributed by atoms with Crippen LogP contribution in [-0.4, -0.2) is 33.8 Å². The van der Waals surface area contributed by atoms with Crippen molar-refractivity contribution in [2.24, 2.45) is 0 Å². The molecule has 0 saturated heterocycles. The van der Waals surface area contributed by atoms with Gasteiger partial charge in [-0.25, -0.2) is 13.9 Å². The minimum absolute atomic E-state index is 0.0904. The molecule has 9 heteroatoms. The van der Waals surface area contributed by atoms with Crippen LogP contribution in [0.15, 0.2) is 78.2 Å². The number of nitrogens with zero attached hydrogens (tertiary/aromatic N) is 3. The van der Waals surface area contributed by atoms with E-state index >= 15 is 0 Å². The van der Waals surface area contributed by atoms with Gasteiger partial charge in [-0.1, -0.05) is 18.2 Å². The molecule has 2 aromatic heterocycles. The Hall–Kier alpha value is -3.14. The molecule has 0 radical (unpaired) electrons. The molecule has 1 amide bonds. The minimum atomic E-state index is -3.80. The highest BCUT2D eigenvalue weighted by atomic mass is 32.2. The summed E-state index contributed by atoms with van der Waals surface area (Å²) < 4.78 is 27.6. The van der Waals surface area contributed by atoms with E-state index in [4.69, 9.17) is 5.21 Å². The Kier molecular flexibility index (Phi) is 6.09. The topological polar surface area (TPSA) is 112 Å². The van der Waals surface area contributed by atoms with Gasteiger partial charge in [-0.05, 0) is 41.5 Å². The molecule has 3 rings (SSSR count). The molecule has 0 aliphatic rings. The summed E-state index contributed by atoms with van der Waals surface area (Å²) in [6.07, 6.45) is 6.05. The summed E-state index contributed by atoms with van der Waals surface area (Å²) in [6.45, 7) is 0.219. The third kappa shape index (κ3) is 4.58. The number of carbonyl (C=O) groups is 1. The third-order valence-electron chi connectivity index (χ3n) is 4.03. The number of rotatable bonds is 7. The zero-order valence-corrected chi connectivity index (χ0v) is 15.6. The van der Waals surface area contributed by atoms with Gasteiger partial charge in [-0.15, -0.1) is 0 Å². The largest absolute Gasteiger partial charge is 0.288 e. The fourth-order valence-electron chi connectivity index (χ4n) is 2.60. The van der Waals surface area contributed by atoms with Gasteiger partial charge >= 0.3 is 0 Å². The average molecular weight is 398 g/mol. The first-order valence-electron chi connectivity index (χ1n) is 8.33. The molecular formula is C19H18N4O4S. The first-order chi connectivity index (χ1) is 13.5. The van der Waals surface area contributed by atoms with Gasteiger partial charge in [-0.2, -0.15) is 4.31 Å². The minimum Gasteiger partial charge on any atom is -0.288 e. The summed E-state index contributed by atoms with van der Waals surface area (Å²) in [6, 6.07) is 12.9. The van der Waals surface area contributed by atoms with Crippen LogP contribution in [0.5, 0.6) is 0 Å². The first kappa shape index (κ1) is 19.6. The van der Waals surface area contributed by atoms with E-state index in [0.717, 1.165) is 5.56 Å². The molecule has 3 aromatic rings. The summed E-state index contributed by atoms with van der Waals surface area (Å²) in [4.78, 5) is 19.5. The number of benzene rings is 1. The number of amides is 1. The number of aromatic nitrogens is 2. The third-order valence-corrected chi connectivity index (χ3v) is 5.81. The Morgan fingerprint density at radius 1 is 0.929 bits per heavy atom. The molecule has 0 aliphatic carbocycles. The maximum absolute atomic E-state index is 13.1. The fraction of sp³-hybridized carbons (Fsp3) is 0.105. The van der Waals surface area contributed by atoms with Gasteiger partial charge in [-0.3, -0.25) is 20.0 Å². The van der Waals surface area contributed by atoms with E-state index in [-0.39, 0.29) is 23.5 Å². The van der Waals surface area contributed by atoms with Gasteiger partial charge in [0, 0.05) is 43.4 Å². The summed E-state index contributed by atoms with van der Waals surface area (Å²) in [7, 11) is -3.80. The molecule has 2 N–H and O–H groups in total. The van der Waals surface area contributed by atoms with Crippen LogP contribution < -0.4 is 5.48 Å². The fourth-order valence-corrected chi connectivity index (χ4v) is 3.98. The van der Waals surface area contributed by atoms with Crippen molar-refractivity contribution in [2.45, 2.75) is 18.0 Å². The lowest BCUT2D eigenvalue weighted by Gasteiger charge is -2.22. The van der Waals surface area contributed by atoms with E-state index < -0.39 is 15.9 Å². The number of carbonyl (C=O) groups excluding carboxylic acids is 1. The zero-order chi connectivity index (χ0) is 20.0. The second-order valence-electron chi connectivity index (χ2n) is 5.96. The maximum Gasteiger partial charge on any atom is 0.274 e. The maximum atomic E-state index is 13.1. The Balaban J connectivity index is 1.91. The highest BCUT2D eigenvalue weighted by molar-refractivity contribution is 7.89. The van der Waals surface area contributed by atoms with Crippen molar-refractivity contribution < 1.29 is 18.4 Å². The summed E-state index contributed by atoms with van der Waals surface area (Å²) in [5.74, 6) is -0.637. The Morgan fingerprint density at radius 3 is 2.14 bits per heavy atom. The molecular weight excluding hydrogens is 380 g/mol. The summed E-state index contributed by atoms with van der Waals surface area (Å²) in [5.41, 5.74) is 3.25. The molecule has 0 aliphatic heterocycles. The van der Waals surface area contributed by atoms with E-state index in [1.54, 1.807) is 48.2 Å². The number of hydrogen-bond acceptors (Lipinski definition) is 6. The Morgan fingerprint density at radius 2 is 1.57 bits per heavy atom. The first-order valence-corrected chi connectivity index (χ1v) is 9.77. The van der Waals surface area contributed by atoms with Crippen molar-refractivity contribution >= 4 is 15.9 Å². The second-order valence-corrected chi connectivity index (χ2v) is 7.90. The van der Waals surface area contributed by atoms with Crippen LogP contribution in [0.3, 0.4) is 0 Å². The van der Waals surface area contributed by atoms with Crippen LogP contribution >= 0.6 is 0 Å². The molecule has 0 atom stereocenters. The van der Waals surface area contributed by atoms with Crippen LogP contribution in [0.4, 0.5) is 0 Å².